The van der Waals surface area contributed by atoms with Gasteiger partial charge in [0.05, 0.1) is 31.3 Å². The Morgan fingerprint density at radius 1 is 0.323 bits per heavy atom. The van der Waals surface area contributed by atoms with Crippen LogP contribution in [0.5, 0.6) is 0 Å². The average Bonchev–Trinajstić information content (AvgIpc) is 1.97. The van der Waals surface area contributed by atoms with Crippen molar-refractivity contribution in [3.05, 3.63) is 0 Å². The molecule has 0 saturated heterocycles. The predicted octanol–water partition coefficient (Wildman–Crippen LogP) is -7.72. The SMILES string of the molecule is O=P([O-])([O-])OP(=O)([O-])OP(=O)([O-])[O-].O=P([O-])([O-])OP(=O)([O-])OP(=O)([O-])[O-].[Ni+2].[Ni+2].[Ni+2].[Ni+2].[Ni+2]. The molecule has 0 aromatic heterocycles. The zero-order valence-electron chi connectivity index (χ0n) is 12.4. The van der Waals surface area contributed by atoms with Crippen LogP contribution in [0.3, 0.4) is 0 Å². The Kier molecular flexibility index (Phi) is 30.5. The monoisotopic (exact) mass is 795 g/mol. The normalized spacial score (nSPS) is 12.2. The molecule has 0 aromatic carbocycles. The van der Waals surface area contributed by atoms with Gasteiger partial charge in [0.1, 0.15) is 0 Å². The Balaban J connectivity index is -0.0000000640. The molecule has 0 saturated carbocycles. The second kappa shape index (κ2) is 18.5. The molecule has 0 N–H and O–H groups in total. The molecule has 0 amide bonds. The van der Waals surface area contributed by atoms with Gasteiger partial charge in [-0.1, -0.05) is 0 Å². The van der Waals surface area contributed by atoms with E-state index in [1.807, 2.05) is 0 Å². The van der Waals surface area contributed by atoms with Crippen LogP contribution in [-0.2, 0) is 127 Å². The molecule has 0 spiro atoms. The summed E-state index contributed by atoms with van der Waals surface area (Å²) in [5.41, 5.74) is 0. The third-order valence-electron chi connectivity index (χ3n) is 0.800. The first-order valence-corrected chi connectivity index (χ1v) is 13.1. The summed E-state index contributed by atoms with van der Waals surface area (Å²) in [4.78, 5) is 97.3. The molecule has 0 aliphatic rings. The molecule has 20 nitrogen and oxygen atoms in total. The van der Waals surface area contributed by atoms with Crippen molar-refractivity contribution in [1.29, 1.82) is 0 Å². The van der Waals surface area contributed by atoms with Gasteiger partial charge in [-0.2, -0.15) is 0 Å². The molecule has 0 bridgehead atoms. The van der Waals surface area contributed by atoms with Crippen molar-refractivity contribution in [2.45, 2.75) is 0 Å². The van der Waals surface area contributed by atoms with Gasteiger partial charge in [-0.15, -0.1) is 0 Å². The van der Waals surface area contributed by atoms with Gasteiger partial charge >= 0.3 is 82.5 Å². The van der Waals surface area contributed by atoms with Crippen LogP contribution in [0.2, 0.25) is 0 Å². The van der Waals surface area contributed by atoms with Gasteiger partial charge in [-0.3, -0.25) is 26.4 Å². The summed E-state index contributed by atoms with van der Waals surface area (Å²) in [7, 11) is -35.8. The standard InChI is InChI=1S/5Ni.2H5O10P3/c;;;;;2*1-11(2,3)9-13(7,8)10-12(4,5)6/h;;;;;2*(H,7,8)(H2,1,2,3)(H2,4,5,6)/q5*+2;;/p-10. The van der Waals surface area contributed by atoms with E-state index in [1.165, 1.54) is 0 Å². The van der Waals surface area contributed by atoms with Crippen molar-refractivity contribution >= 4 is 46.9 Å². The first kappa shape index (κ1) is 51.0. The van der Waals surface area contributed by atoms with E-state index in [-0.39, 0.29) is 82.5 Å². The van der Waals surface area contributed by atoms with E-state index < -0.39 is 46.9 Å². The fraction of sp³-hybridized carbons (Fsp3) is 0. The maximum atomic E-state index is 10.1. The molecule has 31 heteroatoms. The fourth-order valence-corrected chi connectivity index (χ4v) is 5.21. The molecule has 0 radical (unpaired) electrons. The van der Waals surface area contributed by atoms with Gasteiger partial charge in [-0.05, 0) is 0 Å². The van der Waals surface area contributed by atoms with Gasteiger partial charge in [0.25, 0.3) is 15.6 Å². The van der Waals surface area contributed by atoms with Gasteiger partial charge in [0, 0.05) is 0 Å². The first-order chi connectivity index (χ1) is 10.8. The maximum absolute atomic E-state index is 10.1. The van der Waals surface area contributed by atoms with Gasteiger partial charge in [0.2, 0.25) is 0 Å². The van der Waals surface area contributed by atoms with Crippen molar-refractivity contribution in [3.63, 3.8) is 0 Å². The maximum Gasteiger partial charge on any atom is 2.00 e. The molecule has 0 aromatic rings. The molecule has 0 fully saturated rings. The summed E-state index contributed by atoms with van der Waals surface area (Å²) in [5.74, 6) is 0. The molecule has 0 aliphatic carbocycles. The third kappa shape index (κ3) is 43.8. The minimum Gasteiger partial charge on any atom is -0.790 e. The topological polar surface area (TPSA) is 370 Å². The summed E-state index contributed by atoms with van der Waals surface area (Å²) < 4.78 is 69.4. The van der Waals surface area contributed by atoms with Crippen molar-refractivity contribution in [3.8, 4) is 0 Å². The summed E-state index contributed by atoms with van der Waals surface area (Å²) >= 11 is 0. The third-order valence-corrected chi connectivity index (χ3v) is 7.20. The van der Waals surface area contributed by atoms with Crippen molar-refractivity contribution in [2.75, 3.05) is 0 Å². The minimum absolute atomic E-state index is 0. The largest absolute Gasteiger partial charge is 2.00 e. The van der Waals surface area contributed by atoms with Gasteiger partial charge in [0.15, 0.2) is 0 Å². The van der Waals surface area contributed by atoms with Crippen LogP contribution in [0.15, 0.2) is 0 Å². The van der Waals surface area contributed by atoms with Crippen LogP contribution >= 0.6 is 46.9 Å². The Morgan fingerprint density at radius 2 is 0.419 bits per heavy atom. The Morgan fingerprint density at radius 3 is 0.484 bits per heavy atom. The van der Waals surface area contributed by atoms with E-state index in [1.54, 1.807) is 0 Å². The molecule has 0 rings (SSSR count). The predicted molar refractivity (Wildman–Crippen MR) is 50.0 cm³/mol. The second-order valence-electron chi connectivity index (χ2n) is 3.01. The minimum atomic E-state index is -5.97. The summed E-state index contributed by atoms with van der Waals surface area (Å²) in [6.07, 6.45) is 0. The second-order valence-corrected chi connectivity index (χ2v) is 11.0. The van der Waals surface area contributed by atoms with E-state index in [2.05, 4.69) is 17.2 Å². The van der Waals surface area contributed by atoms with Crippen molar-refractivity contribution in [2.24, 2.45) is 0 Å². The van der Waals surface area contributed by atoms with E-state index in [0.29, 0.717) is 0 Å². The molecule has 31 heavy (non-hydrogen) atoms. The van der Waals surface area contributed by atoms with Crippen LogP contribution < -0.4 is 48.9 Å². The van der Waals surface area contributed by atoms with Crippen LogP contribution in [0.4, 0.5) is 0 Å². The van der Waals surface area contributed by atoms with Crippen LogP contribution in [0.1, 0.15) is 0 Å². The molecular formula is Ni5O20P6. The van der Waals surface area contributed by atoms with E-state index in [4.69, 9.17) is 0 Å². The Labute approximate surface area is 221 Å². The average molecular weight is 799 g/mol. The van der Waals surface area contributed by atoms with E-state index in [0.717, 1.165) is 0 Å². The van der Waals surface area contributed by atoms with Crippen LogP contribution in [0.25, 0.3) is 0 Å². The first-order valence-electron chi connectivity index (χ1n) is 4.38. The molecule has 200 valence electrons. The number of phosphoric acid groups is 6. The molecule has 0 unspecified atom stereocenters. The number of hydrogen-bond acceptors (Lipinski definition) is 20. The Bertz CT molecular complexity index is 628. The number of rotatable bonds is 8. The Hall–Kier alpha value is 3.29. The fourth-order valence-electron chi connectivity index (χ4n) is 0.520. The zero-order valence-corrected chi connectivity index (χ0v) is 22.7. The van der Waals surface area contributed by atoms with E-state index >= 15 is 0 Å². The quantitative estimate of drug-likeness (QED) is 0.162. The summed E-state index contributed by atoms with van der Waals surface area (Å²) in [6, 6.07) is 0. The summed E-state index contributed by atoms with van der Waals surface area (Å²) in [5, 5.41) is 0. The van der Waals surface area contributed by atoms with Gasteiger partial charge in [-0.25, -0.2) is 0 Å². The molecule has 0 aliphatic heterocycles. The zero-order chi connectivity index (χ0) is 21.8. The molecule has 0 heterocycles. The van der Waals surface area contributed by atoms with E-state index in [9.17, 15) is 76.3 Å². The van der Waals surface area contributed by atoms with Crippen LogP contribution in [0, 0.1) is 0 Å². The van der Waals surface area contributed by atoms with Gasteiger partial charge < -0.3 is 67.2 Å². The van der Waals surface area contributed by atoms with Crippen LogP contribution in [-0.4, -0.2) is 0 Å². The van der Waals surface area contributed by atoms with Crippen molar-refractivity contribution in [1.82, 2.24) is 0 Å². The van der Waals surface area contributed by atoms with Crippen molar-refractivity contribution < 1.29 is 176 Å². The molecule has 0 atom stereocenters. The number of hydrogen-bond donors (Lipinski definition) is 0. The smallest absolute Gasteiger partial charge is 0.790 e. The molecular weight excluding hydrogens is 799 g/mol. The summed E-state index contributed by atoms with van der Waals surface area (Å²) in [6.45, 7) is 0.